The molecule has 8 heteroatoms. The monoisotopic (exact) mass is 600 g/mol. The number of rotatable bonds is 4. The zero-order valence-corrected chi connectivity index (χ0v) is 27.6. The van der Waals surface area contributed by atoms with Crippen LogP contribution in [0.25, 0.3) is 0 Å². The highest BCUT2D eigenvalue weighted by Gasteiger charge is 2.73. The van der Waals surface area contributed by atoms with Crippen LogP contribution >= 0.6 is 0 Å². The van der Waals surface area contributed by atoms with Gasteiger partial charge in [-0.1, -0.05) is 46.3 Å². The Bertz CT molecular complexity index is 1240. The number of carbonyl (C=O) groups is 4. The van der Waals surface area contributed by atoms with E-state index in [1.165, 1.54) is 26.5 Å². The van der Waals surface area contributed by atoms with E-state index in [9.17, 15) is 24.3 Å². The van der Waals surface area contributed by atoms with Gasteiger partial charge in [0.1, 0.15) is 11.5 Å². The smallest absolute Gasteiger partial charge is 0.315 e. The first-order valence-electron chi connectivity index (χ1n) is 16.3. The Labute approximate surface area is 256 Å². The lowest BCUT2D eigenvalue weighted by Crippen LogP contribution is -2.70. The molecule has 0 bridgehead atoms. The first-order valence-corrected chi connectivity index (χ1v) is 16.3. The summed E-state index contributed by atoms with van der Waals surface area (Å²) in [5.41, 5.74) is -1.40. The lowest BCUT2D eigenvalue weighted by atomic mass is 9.33. The molecule has 8 nitrogen and oxygen atoms in total. The van der Waals surface area contributed by atoms with Gasteiger partial charge in [0, 0.05) is 13.8 Å². The van der Waals surface area contributed by atoms with E-state index in [0.29, 0.717) is 18.8 Å². The molecule has 0 heterocycles. The van der Waals surface area contributed by atoms with E-state index in [1.54, 1.807) is 0 Å². The quantitative estimate of drug-likeness (QED) is 0.225. The fraction of sp³-hybridized carbons (Fsp3) is 0.829. The number of ether oxygens (including phenoxy) is 3. The highest BCUT2D eigenvalue weighted by Crippen LogP contribution is 2.76. The summed E-state index contributed by atoms with van der Waals surface area (Å²) in [7, 11) is 1.36. The van der Waals surface area contributed by atoms with Crippen molar-refractivity contribution in [2.45, 2.75) is 119 Å². The summed E-state index contributed by atoms with van der Waals surface area (Å²) in [4.78, 5) is 51.4. The third kappa shape index (κ3) is 4.19. The summed E-state index contributed by atoms with van der Waals surface area (Å²) in [6, 6.07) is 0. The van der Waals surface area contributed by atoms with Gasteiger partial charge < -0.3 is 19.3 Å². The number of carboxylic acids is 1. The van der Waals surface area contributed by atoms with E-state index < -0.39 is 52.3 Å². The number of carboxylic acid groups (broad SMARTS) is 1. The van der Waals surface area contributed by atoms with Crippen LogP contribution in [0, 0.1) is 56.7 Å². The van der Waals surface area contributed by atoms with Gasteiger partial charge in [-0.15, -0.1) is 0 Å². The Balaban J connectivity index is 1.65. The van der Waals surface area contributed by atoms with Crippen molar-refractivity contribution in [2.75, 3.05) is 7.11 Å². The second-order valence-electron chi connectivity index (χ2n) is 15.8. The molecule has 5 aliphatic rings. The Hall–Kier alpha value is -2.38. The number of hydrogen-bond donors (Lipinski definition) is 1. The number of carbonyl (C=O) groups excluding carboxylic acids is 3. The van der Waals surface area contributed by atoms with Gasteiger partial charge >= 0.3 is 23.9 Å². The molecule has 43 heavy (non-hydrogen) atoms. The second-order valence-corrected chi connectivity index (χ2v) is 15.8. The number of aliphatic carboxylic acids is 1. The lowest BCUT2D eigenvalue weighted by Gasteiger charge is -2.71. The first kappa shape index (κ1) is 32.0. The van der Waals surface area contributed by atoms with Crippen LogP contribution in [0.3, 0.4) is 0 Å². The van der Waals surface area contributed by atoms with Gasteiger partial charge in [0.05, 0.1) is 12.5 Å². The molecule has 0 aromatic carbocycles. The summed E-state index contributed by atoms with van der Waals surface area (Å²) in [6.07, 6.45) is 6.61. The summed E-state index contributed by atoms with van der Waals surface area (Å²) >= 11 is 0. The number of hydrogen-bond acceptors (Lipinski definition) is 7. The molecule has 0 amide bonds. The molecule has 12 atom stereocenters. The number of fused-ring (bicyclic) bond motifs is 7. The maximum atomic E-state index is 13.7. The highest BCUT2D eigenvalue weighted by molar-refractivity contribution is 5.79. The average molecular weight is 601 g/mol. The maximum Gasteiger partial charge on any atom is 0.315 e. The van der Waals surface area contributed by atoms with Gasteiger partial charge in [0.2, 0.25) is 0 Å². The predicted molar refractivity (Wildman–Crippen MR) is 159 cm³/mol. The van der Waals surface area contributed by atoms with Crippen molar-refractivity contribution in [1.29, 1.82) is 0 Å². The van der Waals surface area contributed by atoms with Crippen LogP contribution in [-0.2, 0) is 33.4 Å². The molecule has 1 N–H and O–H groups in total. The molecule has 0 aliphatic heterocycles. The number of methoxy groups -OCH3 is 1. The first-order chi connectivity index (χ1) is 19.9. The van der Waals surface area contributed by atoms with Gasteiger partial charge in [0.15, 0.2) is 6.10 Å². The van der Waals surface area contributed by atoms with Crippen LogP contribution in [0.2, 0.25) is 0 Å². The van der Waals surface area contributed by atoms with E-state index in [1.807, 2.05) is 6.92 Å². The molecule has 0 saturated heterocycles. The Morgan fingerprint density at radius 1 is 0.884 bits per heavy atom. The van der Waals surface area contributed by atoms with Crippen LogP contribution in [-0.4, -0.2) is 48.3 Å². The van der Waals surface area contributed by atoms with E-state index in [2.05, 4.69) is 40.7 Å². The van der Waals surface area contributed by atoms with Crippen molar-refractivity contribution in [3.63, 3.8) is 0 Å². The van der Waals surface area contributed by atoms with Gasteiger partial charge in [-0.3, -0.25) is 19.2 Å². The second kappa shape index (κ2) is 10.3. The Morgan fingerprint density at radius 3 is 2.12 bits per heavy atom. The lowest BCUT2D eigenvalue weighted by molar-refractivity contribution is -0.250. The third-order valence-electron chi connectivity index (χ3n) is 14.2. The zero-order chi connectivity index (χ0) is 31.9. The van der Waals surface area contributed by atoms with Crippen molar-refractivity contribution in [3.8, 4) is 0 Å². The SMILES string of the molecule is COC(=O)[C@@]1(C)[C@@H]2CC[C@]3(C)[C@H](CC=C4[C@@H]5[C@@H](C)[C@H](C)CC[C@]5(C(=O)O)CC[C@]43C)[C@@]2(C)C[C@@H](OC(C)=O)[C@@H]1OC(C)=O. The van der Waals surface area contributed by atoms with E-state index in [0.717, 1.165) is 38.5 Å². The molecule has 0 aromatic rings. The van der Waals surface area contributed by atoms with Crippen LogP contribution in [0.4, 0.5) is 0 Å². The highest BCUT2D eigenvalue weighted by atomic mass is 16.6. The molecule has 0 spiro atoms. The standard InChI is InChI=1S/C35H52O8/c1-19-12-15-35(29(38)39)17-16-32(6)23(27(35)20(19)2)10-11-25-31(5)18-24(42-21(3)36)28(43-22(4)37)34(8,30(40)41-9)26(31)13-14-33(25,32)7/h10,19-20,24-28H,11-18H2,1-9H3,(H,38,39)/t19-,20+,24-,25-,26-,27+,28+,31-,32-,33-,34+,35+/m1/s1. The molecule has 0 radical (unpaired) electrons. The fourth-order valence-corrected chi connectivity index (χ4v) is 11.8. The van der Waals surface area contributed by atoms with Crippen LogP contribution in [0.5, 0.6) is 0 Å². The molecule has 0 aromatic heterocycles. The average Bonchev–Trinajstić information content (AvgIpc) is 2.92. The van der Waals surface area contributed by atoms with Crippen molar-refractivity contribution < 1.29 is 38.5 Å². The summed E-state index contributed by atoms with van der Waals surface area (Å²) in [6.45, 7) is 16.0. The van der Waals surface area contributed by atoms with Gasteiger partial charge in [-0.25, -0.2) is 0 Å². The van der Waals surface area contributed by atoms with E-state index >= 15 is 0 Å². The molecule has 0 unspecified atom stereocenters. The summed E-state index contributed by atoms with van der Waals surface area (Å²) in [5.74, 6) is -1.41. The van der Waals surface area contributed by atoms with Crippen molar-refractivity contribution in [3.05, 3.63) is 11.6 Å². The summed E-state index contributed by atoms with van der Waals surface area (Å²) < 4.78 is 17.1. The fourth-order valence-electron chi connectivity index (χ4n) is 11.8. The van der Waals surface area contributed by atoms with Gasteiger partial charge in [-0.05, 0) is 104 Å². The molecule has 4 fully saturated rings. The zero-order valence-electron chi connectivity index (χ0n) is 27.6. The normalized spacial score (nSPS) is 48.7. The largest absolute Gasteiger partial charge is 0.481 e. The molecule has 4 saturated carbocycles. The van der Waals surface area contributed by atoms with E-state index in [-0.39, 0.29) is 34.5 Å². The molecule has 5 rings (SSSR count). The molecule has 240 valence electrons. The van der Waals surface area contributed by atoms with Crippen molar-refractivity contribution in [2.24, 2.45) is 56.7 Å². The molecular formula is C35H52O8. The van der Waals surface area contributed by atoms with E-state index in [4.69, 9.17) is 14.2 Å². The number of allylic oxidation sites excluding steroid dienone is 2. The van der Waals surface area contributed by atoms with Crippen LogP contribution in [0.15, 0.2) is 11.6 Å². The predicted octanol–water partition coefficient (Wildman–Crippen LogP) is 6.36. The Morgan fingerprint density at radius 2 is 1.53 bits per heavy atom. The topological polar surface area (TPSA) is 116 Å². The van der Waals surface area contributed by atoms with Gasteiger partial charge in [-0.2, -0.15) is 0 Å². The van der Waals surface area contributed by atoms with Crippen molar-refractivity contribution >= 4 is 23.9 Å². The van der Waals surface area contributed by atoms with Crippen LogP contribution < -0.4 is 0 Å². The minimum absolute atomic E-state index is 0.00429. The molecular weight excluding hydrogens is 548 g/mol. The van der Waals surface area contributed by atoms with Crippen molar-refractivity contribution in [1.82, 2.24) is 0 Å². The summed E-state index contributed by atoms with van der Waals surface area (Å²) in [5, 5.41) is 10.7. The van der Waals surface area contributed by atoms with Gasteiger partial charge in [0.25, 0.3) is 0 Å². The minimum atomic E-state index is -1.21. The third-order valence-corrected chi connectivity index (χ3v) is 14.2. The number of esters is 3. The Kier molecular flexibility index (Phi) is 7.70. The molecule has 5 aliphatic carbocycles. The maximum absolute atomic E-state index is 13.7. The van der Waals surface area contributed by atoms with Crippen LogP contribution in [0.1, 0.15) is 107 Å². The minimum Gasteiger partial charge on any atom is -0.481 e.